The molecule has 132 valence electrons. The van der Waals surface area contributed by atoms with Gasteiger partial charge in [0, 0.05) is 61.6 Å². The summed E-state index contributed by atoms with van der Waals surface area (Å²) in [7, 11) is -0.812. The number of piperazine rings is 1. The lowest BCUT2D eigenvalue weighted by atomic mass is 10.3. The molecule has 1 saturated heterocycles. The highest BCUT2D eigenvalue weighted by Gasteiger charge is 2.22. The summed E-state index contributed by atoms with van der Waals surface area (Å²) in [4.78, 5) is 26.4. The van der Waals surface area contributed by atoms with Crippen molar-refractivity contribution in [3.8, 4) is 5.75 Å². The largest absolute Gasteiger partial charge is 0.477 e. The van der Waals surface area contributed by atoms with Gasteiger partial charge in [0.25, 0.3) is 5.91 Å². The van der Waals surface area contributed by atoms with Crippen LogP contribution in [0.25, 0.3) is 0 Å². The number of para-hydroxylation sites is 2. The fourth-order valence-electron chi connectivity index (χ4n) is 2.44. The van der Waals surface area contributed by atoms with E-state index in [1.165, 1.54) is 12.1 Å². The fraction of sp³-hybridized carbons (Fsp3) is 0.533. The predicted octanol–water partition coefficient (Wildman–Crippen LogP) is 0.496. The minimum absolute atomic E-state index is 0.0971. The van der Waals surface area contributed by atoms with E-state index in [9.17, 15) is 19.1 Å². The zero-order chi connectivity index (χ0) is 17.5. The van der Waals surface area contributed by atoms with Crippen molar-refractivity contribution in [3.05, 3.63) is 34.4 Å². The SMILES string of the molecule is C[S@@](=O)CCN1CCN(C(=O)COc2ccccc2[N+](=O)[O-])CC1. The van der Waals surface area contributed by atoms with Gasteiger partial charge in [-0.1, -0.05) is 12.1 Å². The van der Waals surface area contributed by atoms with Gasteiger partial charge < -0.3 is 9.64 Å². The number of nitro groups is 1. The first kappa shape index (κ1) is 18.3. The van der Waals surface area contributed by atoms with Gasteiger partial charge in [0.15, 0.2) is 12.4 Å². The van der Waals surface area contributed by atoms with Gasteiger partial charge >= 0.3 is 5.69 Å². The van der Waals surface area contributed by atoms with E-state index in [0.717, 1.165) is 19.6 Å². The number of hydrogen-bond donors (Lipinski definition) is 0. The number of amides is 1. The molecule has 8 nitrogen and oxygen atoms in total. The number of hydrogen-bond acceptors (Lipinski definition) is 6. The highest BCUT2D eigenvalue weighted by atomic mass is 32.2. The van der Waals surface area contributed by atoms with E-state index in [1.807, 2.05) is 0 Å². The van der Waals surface area contributed by atoms with Crippen LogP contribution in [0.2, 0.25) is 0 Å². The molecule has 2 rings (SSSR count). The van der Waals surface area contributed by atoms with Crippen LogP contribution in [0.15, 0.2) is 24.3 Å². The molecule has 1 aliphatic rings. The standard InChI is InChI=1S/C15H21N3O5S/c1-24(22)11-10-16-6-8-17(9-7-16)15(19)12-23-14-5-3-2-4-13(14)18(20)21/h2-5H,6-12H2,1H3/t24-/m1/s1. The van der Waals surface area contributed by atoms with Gasteiger partial charge in [-0.2, -0.15) is 0 Å². The number of nitro benzene ring substituents is 1. The lowest BCUT2D eigenvalue weighted by molar-refractivity contribution is -0.385. The number of ether oxygens (including phenoxy) is 1. The molecule has 0 aliphatic carbocycles. The van der Waals surface area contributed by atoms with Crippen molar-refractivity contribution >= 4 is 22.4 Å². The minimum atomic E-state index is -0.812. The summed E-state index contributed by atoms with van der Waals surface area (Å²) in [5.74, 6) is 0.543. The molecule has 0 unspecified atom stereocenters. The van der Waals surface area contributed by atoms with Crippen LogP contribution in [0, 0.1) is 10.1 Å². The normalized spacial score (nSPS) is 16.6. The molecule has 0 saturated carbocycles. The number of benzene rings is 1. The smallest absolute Gasteiger partial charge is 0.310 e. The second-order valence-electron chi connectivity index (χ2n) is 5.51. The third-order valence-electron chi connectivity index (χ3n) is 3.83. The Labute approximate surface area is 143 Å². The maximum absolute atomic E-state index is 12.2. The molecule has 9 heteroatoms. The average Bonchev–Trinajstić information content (AvgIpc) is 2.58. The van der Waals surface area contributed by atoms with Crippen molar-refractivity contribution in [1.29, 1.82) is 0 Å². The first-order valence-corrected chi connectivity index (χ1v) is 9.36. The monoisotopic (exact) mass is 355 g/mol. The lowest BCUT2D eigenvalue weighted by Gasteiger charge is -2.34. The molecule has 0 aromatic heterocycles. The summed E-state index contributed by atoms with van der Waals surface area (Å²) in [6.45, 7) is 3.16. The van der Waals surface area contributed by atoms with Gasteiger partial charge in [-0.3, -0.25) is 24.0 Å². The zero-order valence-electron chi connectivity index (χ0n) is 13.6. The minimum Gasteiger partial charge on any atom is -0.477 e. The molecule has 1 amide bonds. The molecule has 1 heterocycles. The predicted molar refractivity (Wildman–Crippen MR) is 90.5 cm³/mol. The van der Waals surface area contributed by atoms with Crippen LogP contribution in [-0.2, 0) is 15.6 Å². The maximum Gasteiger partial charge on any atom is 0.310 e. The van der Waals surface area contributed by atoms with E-state index in [4.69, 9.17) is 4.74 Å². The van der Waals surface area contributed by atoms with Crippen LogP contribution in [0.3, 0.4) is 0 Å². The Morgan fingerprint density at radius 3 is 2.58 bits per heavy atom. The van der Waals surface area contributed by atoms with Crippen LogP contribution in [-0.4, -0.2) is 76.2 Å². The summed E-state index contributed by atoms with van der Waals surface area (Å²) in [5.41, 5.74) is -0.150. The second kappa shape index (κ2) is 8.74. The Hall–Kier alpha value is -2.00. The zero-order valence-corrected chi connectivity index (χ0v) is 14.4. The van der Waals surface area contributed by atoms with Gasteiger partial charge in [-0.15, -0.1) is 0 Å². The van der Waals surface area contributed by atoms with Crippen molar-refractivity contribution in [3.63, 3.8) is 0 Å². The van der Waals surface area contributed by atoms with E-state index in [-0.39, 0.29) is 24.0 Å². The topological polar surface area (TPSA) is 93.0 Å². The maximum atomic E-state index is 12.2. The third-order valence-corrected chi connectivity index (χ3v) is 4.59. The van der Waals surface area contributed by atoms with Crippen LogP contribution >= 0.6 is 0 Å². The summed E-state index contributed by atoms with van der Waals surface area (Å²) in [5, 5.41) is 10.9. The number of rotatable bonds is 7. The van der Waals surface area contributed by atoms with Crippen molar-refractivity contribution in [2.45, 2.75) is 0 Å². The fourth-order valence-corrected chi connectivity index (χ4v) is 2.95. The Morgan fingerprint density at radius 2 is 1.96 bits per heavy atom. The Kier molecular flexibility index (Phi) is 6.68. The van der Waals surface area contributed by atoms with E-state index in [2.05, 4.69) is 4.90 Å². The molecule has 24 heavy (non-hydrogen) atoms. The highest BCUT2D eigenvalue weighted by Crippen LogP contribution is 2.25. The molecule has 0 spiro atoms. The molecule has 1 atom stereocenters. The third kappa shape index (κ3) is 5.27. The number of carbonyl (C=O) groups is 1. The lowest BCUT2D eigenvalue weighted by Crippen LogP contribution is -2.50. The average molecular weight is 355 g/mol. The van der Waals surface area contributed by atoms with Gasteiger partial charge in [-0.25, -0.2) is 0 Å². The van der Waals surface area contributed by atoms with Crippen molar-refractivity contribution in [2.75, 3.05) is 51.3 Å². The van der Waals surface area contributed by atoms with Gasteiger partial charge in [0.1, 0.15) is 0 Å². The molecule has 0 radical (unpaired) electrons. The van der Waals surface area contributed by atoms with Gasteiger partial charge in [0.05, 0.1) is 4.92 Å². The number of carbonyl (C=O) groups excluding carboxylic acids is 1. The van der Waals surface area contributed by atoms with Gasteiger partial charge in [-0.05, 0) is 6.07 Å². The summed E-state index contributed by atoms with van der Waals surface area (Å²) >= 11 is 0. The molecular weight excluding hydrogens is 334 g/mol. The summed E-state index contributed by atoms with van der Waals surface area (Å²) < 4.78 is 16.4. The van der Waals surface area contributed by atoms with Crippen molar-refractivity contribution < 1.29 is 18.7 Å². The molecule has 1 aliphatic heterocycles. The van der Waals surface area contributed by atoms with Crippen molar-refractivity contribution in [2.24, 2.45) is 0 Å². The molecule has 1 aromatic carbocycles. The Morgan fingerprint density at radius 1 is 1.29 bits per heavy atom. The molecule has 0 N–H and O–H groups in total. The first-order chi connectivity index (χ1) is 11.5. The molecule has 0 bridgehead atoms. The molecule has 1 aromatic rings. The highest BCUT2D eigenvalue weighted by molar-refractivity contribution is 7.84. The molecule has 1 fully saturated rings. The van der Waals surface area contributed by atoms with Crippen molar-refractivity contribution in [1.82, 2.24) is 9.80 Å². The Balaban J connectivity index is 1.80. The summed E-state index contributed by atoms with van der Waals surface area (Å²) in [6, 6.07) is 6.00. The molecular formula is C15H21N3O5S. The van der Waals surface area contributed by atoms with Crippen LogP contribution in [0.4, 0.5) is 5.69 Å². The van der Waals surface area contributed by atoms with Crippen LogP contribution in [0.1, 0.15) is 0 Å². The first-order valence-electron chi connectivity index (χ1n) is 7.63. The summed E-state index contributed by atoms with van der Waals surface area (Å²) in [6.07, 6.45) is 1.68. The van der Waals surface area contributed by atoms with E-state index in [0.29, 0.717) is 18.8 Å². The Bertz CT molecular complexity index is 617. The van der Waals surface area contributed by atoms with Crippen LogP contribution in [0.5, 0.6) is 5.75 Å². The van der Waals surface area contributed by atoms with E-state index in [1.54, 1.807) is 23.3 Å². The van der Waals surface area contributed by atoms with Crippen LogP contribution < -0.4 is 4.74 Å². The van der Waals surface area contributed by atoms with Gasteiger partial charge in [0.2, 0.25) is 0 Å². The van der Waals surface area contributed by atoms with E-state index < -0.39 is 15.7 Å². The number of nitrogens with zero attached hydrogens (tertiary/aromatic N) is 3. The quantitative estimate of drug-likeness (QED) is 0.522. The van der Waals surface area contributed by atoms with E-state index >= 15 is 0 Å². The second-order valence-corrected chi connectivity index (χ2v) is 7.07.